The molecule has 1 fully saturated rings. The number of carbonyl (C=O) groups is 1. The lowest BCUT2D eigenvalue weighted by Crippen LogP contribution is -2.14. The molecule has 1 spiro atoms. The molecule has 8 heteroatoms. The van der Waals surface area contributed by atoms with Crippen molar-refractivity contribution in [3.63, 3.8) is 0 Å². The molecular weight excluding hydrogens is 405 g/mol. The van der Waals surface area contributed by atoms with Crippen LogP contribution in [0, 0.1) is 0 Å². The van der Waals surface area contributed by atoms with Gasteiger partial charge in [0.2, 0.25) is 0 Å². The van der Waals surface area contributed by atoms with Gasteiger partial charge in [-0.05, 0) is 59.9 Å². The number of rotatable bonds is 4. The summed E-state index contributed by atoms with van der Waals surface area (Å²) in [5.41, 5.74) is 1.69. The zero-order valence-corrected chi connectivity index (χ0v) is 15.8. The number of carbonyl (C=O) groups excluding carboxylic acids is 1. The Morgan fingerprint density at radius 3 is 2.69 bits per heavy atom. The van der Waals surface area contributed by atoms with Crippen LogP contribution < -0.4 is 5.32 Å². The van der Waals surface area contributed by atoms with E-state index in [1.807, 2.05) is 24.4 Å². The Labute approximate surface area is 170 Å². The molecule has 2 aromatic carbocycles. The summed E-state index contributed by atoms with van der Waals surface area (Å²) in [5, 5.41) is 1.85. The first-order chi connectivity index (χ1) is 13.7. The molecule has 1 amide bonds. The van der Waals surface area contributed by atoms with Crippen LogP contribution in [0.25, 0.3) is 5.57 Å². The Kier molecular flexibility index (Phi) is 4.86. The van der Waals surface area contributed by atoms with Crippen molar-refractivity contribution in [1.82, 2.24) is 0 Å². The highest BCUT2D eigenvalue weighted by Gasteiger charge is 2.42. The summed E-state index contributed by atoms with van der Waals surface area (Å²) >= 11 is 5.57. The lowest BCUT2D eigenvalue weighted by molar-refractivity contribution is -0.137. The Bertz CT molecular complexity index is 1030. The lowest BCUT2D eigenvalue weighted by atomic mass is 10.0. The maximum Gasteiger partial charge on any atom is 0.417 e. The molecule has 0 aromatic heterocycles. The zero-order chi connectivity index (χ0) is 20.6. The highest BCUT2D eigenvalue weighted by molar-refractivity contribution is 6.31. The summed E-state index contributed by atoms with van der Waals surface area (Å²) in [6.45, 7) is -0.0189. The lowest BCUT2D eigenvalue weighted by Gasteiger charge is -2.12. The fourth-order valence-corrected chi connectivity index (χ4v) is 3.31. The van der Waals surface area contributed by atoms with E-state index < -0.39 is 22.9 Å². The fourth-order valence-electron chi connectivity index (χ4n) is 3.09. The van der Waals surface area contributed by atoms with E-state index in [-0.39, 0.29) is 17.8 Å². The summed E-state index contributed by atoms with van der Waals surface area (Å²) in [5.74, 6) is 0. The summed E-state index contributed by atoms with van der Waals surface area (Å²) in [7, 11) is 0. The van der Waals surface area contributed by atoms with Crippen molar-refractivity contribution in [3.05, 3.63) is 70.3 Å². The molecule has 0 atom stereocenters. The minimum atomic E-state index is -4.61. The molecule has 1 aliphatic heterocycles. The summed E-state index contributed by atoms with van der Waals surface area (Å²) in [6.07, 6.45) is 0.671. The van der Waals surface area contributed by atoms with Gasteiger partial charge in [0.05, 0.1) is 16.1 Å². The van der Waals surface area contributed by atoms with Crippen molar-refractivity contribution in [1.29, 1.82) is 0 Å². The van der Waals surface area contributed by atoms with Crippen LogP contribution in [0.5, 0.6) is 0 Å². The van der Waals surface area contributed by atoms with E-state index in [9.17, 15) is 18.0 Å². The number of ether oxygens (including phenoxy) is 1. The fraction of sp³-hybridized carbons (Fsp3) is 0.238. The third-order valence-electron chi connectivity index (χ3n) is 4.80. The first-order valence-electron chi connectivity index (χ1n) is 8.92. The Balaban J connectivity index is 1.38. The quantitative estimate of drug-likeness (QED) is 0.649. The molecule has 2 aromatic rings. The second kappa shape index (κ2) is 7.22. The molecule has 0 bridgehead atoms. The van der Waals surface area contributed by atoms with Gasteiger partial charge in [0.15, 0.2) is 0 Å². The predicted molar refractivity (Wildman–Crippen MR) is 105 cm³/mol. The van der Waals surface area contributed by atoms with E-state index in [1.165, 1.54) is 6.07 Å². The molecule has 0 radical (unpaired) electrons. The third-order valence-corrected chi connectivity index (χ3v) is 5.13. The monoisotopic (exact) mass is 420 g/mol. The summed E-state index contributed by atoms with van der Waals surface area (Å²) in [6, 6.07) is 10.6. The highest BCUT2D eigenvalue weighted by atomic mass is 35.5. The van der Waals surface area contributed by atoms with E-state index in [4.69, 9.17) is 16.3 Å². The van der Waals surface area contributed by atoms with Crippen LogP contribution in [0.15, 0.2) is 53.5 Å². The topological polar surface area (TPSA) is 50.7 Å². The van der Waals surface area contributed by atoms with E-state index >= 15 is 0 Å². The van der Waals surface area contributed by atoms with E-state index in [1.54, 1.807) is 6.07 Å². The summed E-state index contributed by atoms with van der Waals surface area (Å²) < 4.78 is 43.9. The van der Waals surface area contributed by atoms with Crippen molar-refractivity contribution < 1.29 is 22.7 Å². The number of anilines is 1. The van der Waals surface area contributed by atoms with Crippen molar-refractivity contribution >= 4 is 35.2 Å². The molecule has 4 nitrogen and oxygen atoms in total. The summed E-state index contributed by atoms with van der Waals surface area (Å²) in [4.78, 5) is 16.5. The first kappa shape index (κ1) is 19.5. The average molecular weight is 421 g/mol. The Morgan fingerprint density at radius 2 is 2.00 bits per heavy atom. The van der Waals surface area contributed by atoms with Gasteiger partial charge >= 0.3 is 12.3 Å². The van der Waals surface area contributed by atoms with Gasteiger partial charge in [-0.15, -0.1) is 0 Å². The number of nitrogens with zero attached hydrogens (tertiary/aromatic N) is 1. The van der Waals surface area contributed by atoms with E-state index in [0.29, 0.717) is 0 Å². The molecule has 1 aliphatic carbocycles. The van der Waals surface area contributed by atoms with Crippen LogP contribution in [-0.4, -0.2) is 17.8 Å². The number of alkyl halides is 3. The minimum Gasteiger partial charge on any atom is -0.444 e. The first-order valence-corrected chi connectivity index (χ1v) is 9.30. The molecule has 1 heterocycles. The Hall–Kier alpha value is -2.80. The second-order valence-electron chi connectivity index (χ2n) is 7.06. The predicted octanol–water partition coefficient (Wildman–Crippen LogP) is 6.11. The average Bonchev–Trinajstić information content (AvgIpc) is 3.29. The number of hydrogen-bond acceptors (Lipinski definition) is 3. The van der Waals surface area contributed by atoms with Gasteiger partial charge < -0.3 is 4.74 Å². The second-order valence-corrected chi connectivity index (χ2v) is 7.46. The van der Waals surface area contributed by atoms with Crippen LogP contribution >= 0.6 is 11.6 Å². The van der Waals surface area contributed by atoms with Crippen LogP contribution in [-0.2, 0) is 17.5 Å². The van der Waals surface area contributed by atoms with Gasteiger partial charge in [0, 0.05) is 11.9 Å². The number of hydrogen-bond donors (Lipinski definition) is 1. The maximum atomic E-state index is 12.9. The molecule has 29 heavy (non-hydrogen) atoms. The number of amides is 1. The molecule has 150 valence electrons. The van der Waals surface area contributed by atoms with Crippen molar-refractivity contribution in [3.8, 4) is 0 Å². The molecule has 0 unspecified atom stereocenters. The van der Waals surface area contributed by atoms with Gasteiger partial charge in [0.25, 0.3) is 0 Å². The zero-order valence-electron chi connectivity index (χ0n) is 15.1. The van der Waals surface area contributed by atoms with Crippen molar-refractivity contribution in [2.75, 3.05) is 5.32 Å². The molecule has 2 aliphatic rings. The largest absolute Gasteiger partial charge is 0.444 e. The number of allylic oxidation sites excluding steroid dienone is 1. The van der Waals surface area contributed by atoms with Crippen molar-refractivity contribution in [2.24, 2.45) is 4.99 Å². The van der Waals surface area contributed by atoms with Gasteiger partial charge in [-0.2, -0.15) is 13.2 Å². The van der Waals surface area contributed by atoms with Crippen LogP contribution in [0.4, 0.5) is 23.7 Å². The van der Waals surface area contributed by atoms with Gasteiger partial charge in [-0.3, -0.25) is 10.3 Å². The Morgan fingerprint density at radius 1 is 1.21 bits per heavy atom. The number of halogens is 4. The number of benzene rings is 2. The van der Waals surface area contributed by atoms with Crippen LogP contribution in [0.2, 0.25) is 5.02 Å². The minimum absolute atomic E-state index is 0.00439. The highest BCUT2D eigenvalue weighted by Crippen LogP contribution is 2.45. The number of aliphatic imine (C=N–C) groups is 1. The molecule has 4 rings (SSSR count). The number of nitrogens with one attached hydrogen (secondary N) is 1. The SMILES string of the molecule is O=C(Nc1ccc(Cl)c(C(F)(F)F)c1)OCc1cccc(C2=CC3(CC3)N=C2)c1. The van der Waals surface area contributed by atoms with E-state index in [2.05, 4.69) is 16.4 Å². The van der Waals surface area contributed by atoms with Crippen molar-refractivity contribution in [2.45, 2.75) is 31.2 Å². The standard InChI is InChI=1S/C21H16ClF3N2O2/c22-18-5-4-16(9-17(18)21(23,24)25)27-19(28)29-12-13-2-1-3-14(8-13)15-10-20(6-7-20)26-11-15/h1-5,8-11H,6-7,12H2,(H,27,28). The van der Waals surface area contributed by atoms with Gasteiger partial charge in [-0.1, -0.05) is 29.8 Å². The molecule has 0 saturated heterocycles. The van der Waals surface area contributed by atoms with Crippen LogP contribution in [0.3, 0.4) is 0 Å². The van der Waals surface area contributed by atoms with E-state index in [0.717, 1.165) is 41.7 Å². The van der Waals surface area contributed by atoms with Gasteiger partial charge in [0.1, 0.15) is 6.61 Å². The molecule has 1 N–H and O–H groups in total. The molecule has 1 saturated carbocycles. The van der Waals surface area contributed by atoms with Gasteiger partial charge in [-0.25, -0.2) is 4.79 Å². The smallest absolute Gasteiger partial charge is 0.417 e. The normalized spacial score (nSPS) is 16.6. The third kappa shape index (κ3) is 4.45. The maximum absolute atomic E-state index is 12.9. The van der Waals surface area contributed by atoms with Crippen LogP contribution in [0.1, 0.15) is 29.5 Å². The molecular formula is C21H16ClF3N2O2.